The number of benzene rings is 1. The third-order valence-corrected chi connectivity index (χ3v) is 6.46. The van der Waals surface area contributed by atoms with Crippen LogP contribution < -0.4 is 4.74 Å². The molecule has 4 N–H and O–H groups in total. The summed E-state index contributed by atoms with van der Waals surface area (Å²) in [4.78, 5) is 2.59. The van der Waals surface area contributed by atoms with Gasteiger partial charge in [0.05, 0.1) is 6.61 Å². The second-order valence-corrected chi connectivity index (χ2v) is 8.33. The molecule has 7 nitrogen and oxygen atoms in total. The van der Waals surface area contributed by atoms with Gasteiger partial charge in [0.25, 0.3) is 0 Å². The van der Waals surface area contributed by atoms with Crippen LogP contribution in [0.4, 0.5) is 0 Å². The molecule has 1 aliphatic carbocycles. The average molecular weight is 393 g/mol. The molecule has 0 spiro atoms. The van der Waals surface area contributed by atoms with Gasteiger partial charge in [-0.05, 0) is 62.7 Å². The van der Waals surface area contributed by atoms with E-state index in [4.69, 9.17) is 9.47 Å². The first-order chi connectivity index (χ1) is 13.5. The lowest BCUT2D eigenvalue weighted by molar-refractivity contribution is -0.242. The van der Waals surface area contributed by atoms with Gasteiger partial charge in [0.15, 0.2) is 11.5 Å². The van der Waals surface area contributed by atoms with Gasteiger partial charge in [-0.3, -0.25) is 4.90 Å². The second-order valence-electron chi connectivity index (χ2n) is 8.33. The Morgan fingerprint density at radius 3 is 2.79 bits per heavy atom. The van der Waals surface area contributed by atoms with E-state index in [0.29, 0.717) is 17.7 Å². The van der Waals surface area contributed by atoms with Gasteiger partial charge in [-0.2, -0.15) is 0 Å². The minimum Gasteiger partial charge on any atom is -0.504 e. The molecule has 0 unspecified atom stereocenters. The number of aromatic hydroxyl groups is 1. The Kier molecular flexibility index (Phi) is 5.81. The topological polar surface area (TPSA) is 103 Å². The number of phenols is 1. The molecule has 2 fully saturated rings. The van der Waals surface area contributed by atoms with Crippen LogP contribution in [0.25, 0.3) is 0 Å². The van der Waals surface area contributed by atoms with E-state index in [1.54, 1.807) is 6.07 Å². The molecule has 0 amide bonds. The zero-order valence-corrected chi connectivity index (χ0v) is 16.3. The van der Waals surface area contributed by atoms with E-state index in [0.717, 1.165) is 49.9 Å². The highest BCUT2D eigenvalue weighted by Crippen LogP contribution is 2.43. The maximum Gasteiger partial charge on any atom is 0.229 e. The van der Waals surface area contributed by atoms with Crippen molar-refractivity contribution in [1.82, 2.24) is 4.90 Å². The number of phenolic OH excluding ortho intramolecular Hbond substituents is 1. The van der Waals surface area contributed by atoms with Crippen molar-refractivity contribution >= 4 is 0 Å². The van der Waals surface area contributed by atoms with E-state index >= 15 is 0 Å². The molecule has 2 saturated heterocycles. The summed E-state index contributed by atoms with van der Waals surface area (Å²) >= 11 is 0. The molecule has 7 heteroatoms. The normalized spacial score (nSPS) is 35.9. The largest absolute Gasteiger partial charge is 0.504 e. The summed E-state index contributed by atoms with van der Waals surface area (Å²) in [6.45, 7) is 4.34. The fourth-order valence-corrected chi connectivity index (χ4v) is 5.00. The fraction of sp³-hybridized carbons (Fsp3) is 0.714. The molecule has 1 aromatic carbocycles. The van der Waals surface area contributed by atoms with Crippen LogP contribution in [0, 0.1) is 5.92 Å². The number of aliphatic hydroxyl groups is 3. The molecular formula is C21H31NO6. The zero-order valence-electron chi connectivity index (χ0n) is 16.3. The van der Waals surface area contributed by atoms with E-state index in [1.165, 1.54) is 6.42 Å². The first-order valence-corrected chi connectivity index (χ1v) is 10.4. The molecule has 0 saturated carbocycles. The molecule has 0 bridgehead atoms. The van der Waals surface area contributed by atoms with Crippen LogP contribution in [0.5, 0.6) is 11.5 Å². The number of rotatable bonds is 4. The highest BCUT2D eigenvalue weighted by atomic mass is 16.7. The van der Waals surface area contributed by atoms with Crippen LogP contribution in [0.1, 0.15) is 37.3 Å². The highest BCUT2D eigenvalue weighted by molar-refractivity contribution is 5.52. The van der Waals surface area contributed by atoms with Crippen molar-refractivity contribution in [3.05, 3.63) is 23.3 Å². The van der Waals surface area contributed by atoms with E-state index < -0.39 is 24.6 Å². The van der Waals surface area contributed by atoms with E-state index in [-0.39, 0.29) is 12.4 Å². The monoisotopic (exact) mass is 393 g/mol. The molecule has 156 valence electrons. The van der Waals surface area contributed by atoms with Crippen LogP contribution in [0.15, 0.2) is 12.1 Å². The fourth-order valence-electron chi connectivity index (χ4n) is 5.00. The van der Waals surface area contributed by atoms with Crippen molar-refractivity contribution in [2.24, 2.45) is 5.92 Å². The first-order valence-electron chi connectivity index (χ1n) is 10.4. The number of fused-ring (bicyclic) bond motifs is 2. The van der Waals surface area contributed by atoms with E-state index in [2.05, 4.69) is 11.8 Å². The Morgan fingerprint density at radius 2 is 2.00 bits per heavy atom. The third-order valence-electron chi connectivity index (χ3n) is 6.46. The molecule has 3 aliphatic rings. The standard InChI is InChI=1S/C21H31NO6/c1-2-7-22-8-3-4-13-9-14-12(10-15(13)22)5-6-16(23)20(14)28-21-19(26)18(25)17(24)11-27-21/h5-6,13,15,17-19,21,23-26H,2-4,7-11H2,1H3/t13-,15-,17-,18+,19-,21+/m1/s1. The minimum atomic E-state index is -1.38. The Labute approximate surface area is 165 Å². The first kappa shape index (κ1) is 19.9. The molecule has 1 aromatic rings. The Morgan fingerprint density at radius 1 is 1.18 bits per heavy atom. The van der Waals surface area contributed by atoms with E-state index in [1.807, 2.05) is 6.07 Å². The van der Waals surface area contributed by atoms with Gasteiger partial charge in [0, 0.05) is 11.6 Å². The van der Waals surface area contributed by atoms with Gasteiger partial charge >= 0.3 is 0 Å². The smallest absolute Gasteiger partial charge is 0.229 e. The van der Waals surface area contributed by atoms with Gasteiger partial charge in [0.2, 0.25) is 6.29 Å². The lowest BCUT2D eigenvalue weighted by atomic mass is 9.75. The van der Waals surface area contributed by atoms with E-state index in [9.17, 15) is 20.4 Å². The molecular weight excluding hydrogens is 362 g/mol. The average Bonchev–Trinajstić information content (AvgIpc) is 2.69. The molecule has 0 aromatic heterocycles. The van der Waals surface area contributed by atoms with Gasteiger partial charge in [0.1, 0.15) is 18.3 Å². The molecule has 4 rings (SSSR count). The van der Waals surface area contributed by atoms with Crippen LogP contribution >= 0.6 is 0 Å². The Bertz CT molecular complexity index is 696. The number of nitrogens with zero attached hydrogens (tertiary/aromatic N) is 1. The number of hydrogen-bond acceptors (Lipinski definition) is 7. The highest BCUT2D eigenvalue weighted by Gasteiger charge is 2.41. The summed E-state index contributed by atoms with van der Waals surface area (Å²) in [6, 6.07) is 4.11. The van der Waals surface area contributed by atoms with Crippen LogP contribution in [0.3, 0.4) is 0 Å². The maximum atomic E-state index is 10.4. The van der Waals surface area contributed by atoms with Crippen LogP contribution in [-0.4, -0.2) is 75.7 Å². The molecule has 28 heavy (non-hydrogen) atoms. The number of ether oxygens (including phenoxy) is 2. The summed E-state index contributed by atoms with van der Waals surface area (Å²) in [7, 11) is 0. The maximum absolute atomic E-state index is 10.4. The van der Waals surface area contributed by atoms with Gasteiger partial charge in [-0.15, -0.1) is 0 Å². The van der Waals surface area contributed by atoms with Crippen molar-refractivity contribution < 1.29 is 29.9 Å². The van der Waals surface area contributed by atoms with Crippen molar-refractivity contribution in [2.45, 2.75) is 69.7 Å². The molecule has 0 radical (unpaired) electrons. The summed E-state index contributed by atoms with van der Waals surface area (Å²) in [5, 5.41) is 40.2. The number of hydrogen-bond donors (Lipinski definition) is 4. The van der Waals surface area contributed by atoms with Crippen molar-refractivity contribution in [1.29, 1.82) is 0 Å². The zero-order chi connectivity index (χ0) is 19.8. The Balaban J connectivity index is 1.59. The van der Waals surface area contributed by atoms with Gasteiger partial charge < -0.3 is 29.9 Å². The third kappa shape index (κ3) is 3.62. The molecule has 2 heterocycles. The van der Waals surface area contributed by atoms with Crippen molar-refractivity contribution in [3.63, 3.8) is 0 Å². The predicted octanol–water partition coefficient (Wildman–Crippen LogP) is 0.799. The van der Waals surface area contributed by atoms with Crippen LogP contribution in [0.2, 0.25) is 0 Å². The Hall–Kier alpha value is -1.38. The lowest BCUT2D eigenvalue weighted by Gasteiger charge is -2.45. The minimum absolute atomic E-state index is 0.00911. The van der Waals surface area contributed by atoms with Gasteiger partial charge in [-0.1, -0.05) is 13.0 Å². The summed E-state index contributed by atoms with van der Waals surface area (Å²) in [5.74, 6) is 0.854. The predicted molar refractivity (Wildman–Crippen MR) is 102 cm³/mol. The summed E-state index contributed by atoms with van der Waals surface area (Å²) in [5.41, 5.74) is 2.12. The van der Waals surface area contributed by atoms with Crippen molar-refractivity contribution in [2.75, 3.05) is 19.7 Å². The summed E-state index contributed by atoms with van der Waals surface area (Å²) < 4.78 is 11.2. The summed E-state index contributed by atoms with van der Waals surface area (Å²) in [6.07, 6.45) is 0.218. The van der Waals surface area contributed by atoms with Crippen molar-refractivity contribution in [3.8, 4) is 11.5 Å². The lowest BCUT2D eigenvalue weighted by Crippen LogP contribution is -2.55. The quantitative estimate of drug-likeness (QED) is 0.600. The van der Waals surface area contributed by atoms with Gasteiger partial charge in [-0.25, -0.2) is 0 Å². The number of aliphatic hydroxyl groups excluding tert-OH is 3. The molecule has 6 atom stereocenters. The second kappa shape index (κ2) is 8.16. The number of piperidine rings is 1. The SMILES string of the molecule is CCCN1CCC[C@@H]2Cc3c(ccc(O)c3O[C@@H]3OC[C@@H](O)[C@H](O)[C@H]3O)C[C@H]21. The number of likely N-dealkylation sites (tertiary alicyclic amines) is 1. The molecule has 2 aliphatic heterocycles. The van der Waals surface area contributed by atoms with Crippen LogP contribution in [-0.2, 0) is 17.6 Å².